The highest BCUT2D eigenvalue weighted by atomic mass is 35.7. The molecule has 0 spiro atoms. The Morgan fingerprint density at radius 3 is 2.38 bits per heavy atom. The summed E-state index contributed by atoms with van der Waals surface area (Å²) >= 11 is 0. The monoisotopic (exact) mass is 269 g/mol. The van der Waals surface area contributed by atoms with Crippen molar-refractivity contribution in [2.45, 2.75) is 38.1 Å². The Morgan fingerprint density at radius 2 is 1.94 bits per heavy atom. The molecule has 0 amide bonds. The molecule has 1 aliphatic rings. The van der Waals surface area contributed by atoms with E-state index >= 15 is 0 Å². The predicted octanol–water partition coefficient (Wildman–Crippen LogP) is 1.28. The van der Waals surface area contributed by atoms with Crippen LogP contribution in [0.25, 0.3) is 0 Å². The van der Waals surface area contributed by atoms with Crippen molar-refractivity contribution in [3.05, 3.63) is 0 Å². The summed E-state index contributed by atoms with van der Waals surface area (Å²) in [5.41, 5.74) is 0. The molecule has 7 heteroatoms. The number of carbonyl (C=O) groups is 1. The van der Waals surface area contributed by atoms with Gasteiger partial charge in [0, 0.05) is 16.7 Å². The van der Waals surface area contributed by atoms with Gasteiger partial charge in [0.25, 0.3) is 0 Å². The number of rotatable bonds is 4. The summed E-state index contributed by atoms with van der Waals surface area (Å²) in [5.74, 6) is -0.588. The number of ether oxygens (including phenoxy) is 1. The fourth-order valence-corrected chi connectivity index (χ4v) is 3.26. The average Bonchev–Trinajstić information content (AvgIpc) is 2.25. The van der Waals surface area contributed by atoms with Gasteiger partial charge >= 0.3 is 15.2 Å². The molecule has 0 bridgehead atoms. The number of hydrogen-bond donors (Lipinski definition) is 0. The Bertz CT molecular complexity index is 337. The van der Waals surface area contributed by atoms with Crippen molar-refractivity contribution in [2.24, 2.45) is 0 Å². The van der Waals surface area contributed by atoms with Gasteiger partial charge in [-0.05, 0) is 12.8 Å². The van der Waals surface area contributed by atoms with Crippen LogP contribution in [-0.2, 0) is 18.8 Å². The molecule has 0 N–H and O–H groups in total. The Hall–Kier alpha value is -0.330. The van der Waals surface area contributed by atoms with E-state index in [1.54, 1.807) is 0 Å². The normalized spacial score (nSPS) is 18.7. The van der Waals surface area contributed by atoms with Crippen molar-refractivity contribution in [3.63, 3.8) is 0 Å². The average molecular weight is 270 g/mol. The van der Waals surface area contributed by atoms with Gasteiger partial charge in [0.2, 0.25) is 0 Å². The molecule has 94 valence electrons. The van der Waals surface area contributed by atoms with E-state index in [-0.39, 0.29) is 12.6 Å². The third kappa shape index (κ3) is 3.92. The third-order valence-corrected chi connectivity index (χ3v) is 4.29. The summed E-state index contributed by atoms with van der Waals surface area (Å²) in [6.07, 6.45) is 4.54. The summed E-state index contributed by atoms with van der Waals surface area (Å²) < 4.78 is 28.2. The maximum Gasteiger partial charge on any atom is 0.321 e. The predicted molar refractivity (Wildman–Crippen MR) is 60.4 cm³/mol. The summed E-state index contributed by atoms with van der Waals surface area (Å²) in [6.45, 7) is -0.299. The molecule has 0 aromatic rings. The van der Waals surface area contributed by atoms with Gasteiger partial charge in [-0.15, -0.1) is 0 Å². The van der Waals surface area contributed by atoms with Crippen LogP contribution in [-0.4, -0.2) is 38.4 Å². The van der Waals surface area contributed by atoms with Crippen molar-refractivity contribution in [1.29, 1.82) is 0 Å². The van der Waals surface area contributed by atoms with Crippen LogP contribution in [0.4, 0.5) is 0 Å². The number of carbonyl (C=O) groups excluding carboxylic acids is 1. The van der Waals surface area contributed by atoms with Gasteiger partial charge in [0.05, 0.1) is 7.11 Å². The van der Waals surface area contributed by atoms with Gasteiger partial charge < -0.3 is 4.74 Å². The Labute approximate surface area is 100 Å². The maximum absolute atomic E-state index is 11.4. The SMILES string of the molecule is COC(=O)CN(C1CCCCC1)S(=O)(=O)Cl. The van der Waals surface area contributed by atoms with Gasteiger partial charge in [0.15, 0.2) is 0 Å². The molecule has 1 aliphatic carbocycles. The van der Waals surface area contributed by atoms with Crippen LogP contribution in [0.15, 0.2) is 0 Å². The zero-order valence-corrected chi connectivity index (χ0v) is 10.8. The molecule has 0 heterocycles. The minimum atomic E-state index is -3.86. The highest BCUT2D eigenvalue weighted by molar-refractivity contribution is 8.11. The summed E-state index contributed by atoms with van der Waals surface area (Å²) in [4.78, 5) is 11.1. The van der Waals surface area contributed by atoms with Crippen LogP contribution < -0.4 is 0 Å². The van der Waals surface area contributed by atoms with E-state index in [1.165, 1.54) is 7.11 Å². The largest absolute Gasteiger partial charge is 0.468 e. The zero-order chi connectivity index (χ0) is 12.2. The molecule has 0 unspecified atom stereocenters. The lowest BCUT2D eigenvalue weighted by Crippen LogP contribution is -2.42. The highest BCUT2D eigenvalue weighted by Crippen LogP contribution is 2.25. The van der Waals surface area contributed by atoms with Crippen LogP contribution in [0, 0.1) is 0 Å². The lowest BCUT2D eigenvalue weighted by Gasteiger charge is -2.30. The van der Waals surface area contributed by atoms with Gasteiger partial charge in [0.1, 0.15) is 6.54 Å². The topological polar surface area (TPSA) is 63.7 Å². The number of esters is 1. The second-order valence-electron chi connectivity index (χ2n) is 3.86. The second kappa shape index (κ2) is 5.84. The zero-order valence-electron chi connectivity index (χ0n) is 9.19. The highest BCUT2D eigenvalue weighted by Gasteiger charge is 2.31. The Morgan fingerprint density at radius 1 is 1.38 bits per heavy atom. The van der Waals surface area contributed by atoms with Crippen LogP contribution in [0.1, 0.15) is 32.1 Å². The van der Waals surface area contributed by atoms with Crippen molar-refractivity contribution in [1.82, 2.24) is 4.31 Å². The van der Waals surface area contributed by atoms with Crippen molar-refractivity contribution < 1.29 is 17.9 Å². The minimum absolute atomic E-state index is 0.171. The lowest BCUT2D eigenvalue weighted by molar-refractivity contribution is -0.141. The first-order valence-electron chi connectivity index (χ1n) is 5.23. The second-order valence-corrected chi connectivity index (χ2v) is 6.32. The molecule has 0 aliphatic heterocycles. The van der Waals surface area contributed by atoms with Crippen molar-refractivity contribution in [2.75, 3.05) is 13.7 Å². The number of methoxy groups -OCH3 is 1. The lowest BCUT2D eigenvalue weighted by atomic mass is 9.95. The standard InChI is InChI=1S/C9H16ClNO4S/c1-15-9(12)7-11(16(10,13)14)8-5-3-2-4-6-8/h8H,2-7H2,1H3. The first-order valence-corrected chi connectivity index (χ1v) is 7.50. The summed E-state index contributed by atoms with van der Waals surface area (Å²) in [7, 11) is 2.68. The molecule has 0 atom stereocenters. The Balaban J connectivity index is 2.74. The molecular formula is C9H16ClNO4S. The van der Waals surface area contributed by atoms with Crippen LogP contribution in [0.3, 0.4) is 0 Å². The first-order chi connectivity index (χ1) is 7.45. The molecule has 0 saturated heterocycles. The van der Waals surface area contributed by atoms with Gasteiger partial charge in [-0.1, -0.05) is 19.3 Å². The first kappa shape index (κ1) is 13.7. The van der Waals surface area contributed by atoms with Crippen LogP contribution in [0.2, 0.25) is 0 Å². The van der Waals surface area contributed by atoms with Crippen LogP contribution in [0.5, 0.6) is 0 Å². The van der Waals surface area contributed by atoms with E-state index in [0.29, 0.717) is 0 Å². The minimum Gasteiger partial charge on any atom is -0.468 e. The molecule has 1 rings (SSSR count). The van der Waals surface area contributed by atoms with Crippen molar-refractivity contribution >= 4 is 25.9 Å². The molecule has 0 radical (unpaired) electrons. The van der Waals surface area contributed by atoms with E-state index in [9.17, 15) is 13.2 Å². The molecule has 1 saturated carbocycles. The van der Waals surface area contributed by atoms with Gasteiger partial charge in [-0.25, -0.2) is 0 Å². The molecular weight excluding hydrogens is 254 g/mol. The molecule has 16 heavy (non-hydrogen) atoms. The van der Waals surface area contributed by atoms with Gasteiger partial charge in [-0.2, -0.15) is 12.7 Å². The van der Waals surface area contributed by atoms with E-state index in [1.807, 2.05) is 0 Å². The fraction of sp³-hybridized carbons (Fsp3) is 0.889. The van der Waals surface area contributed by atoms with E-state index in [0.717, 1.165) is 36.4 Å². The van der Waals surface area contributed by atoms with E-state index in [4.69, 9.17) is 10.7 Å². The van der Waals surface area contributed by atoms with Crippen molar-refractivity contribution in [3.8, 4) is 0 Å². The van der Waals surface area contributed by atoms with E-state index in [2.05, 4.69) is 4.74 Å². The molecule has 5 nitrogen and oxygen atoms in total. The molecule has 0 aromatic heterocycles. The van der Waals surface area contributed by atoms with Crippen LogP contribution >= 0.6 is 10.7 Å². The summed E-state index contributed by atoms with van der Waals surface area (Å²) in [6, 6.07) is -0.171. The van der Waals surface area contributed by atoms with E-state index < -0.39 is 15.2 Å². The summed E-state index contributed by atoms with van der Waals surface area (Å²) in [5, 5.41) is 0. The number of nitrogens with zero attached hydrogens (tertiary/aromatic N) is 1. The molecule has 1 fully saturated rings. The molecule has 0 aromatic carbocycles. The Kier molecular flexibility index (Phi) is 5.01. The smallest absolute Gasteiger partial charge is 0.321 e. The fourth-order valence-electron chi connectivity index (χ4n) is 1.95. The number of hydrogen-bond acceptors (Lipinski definition) is 4. The maximum atomic E-state index is 11.4. The number of halogens is 1. The third-order valence-electron chi connectivity index (χ3n) is 2.77. The quantitative estimate of drug-likeness (QED) is 0.570. The van der Waals surface area contributed by atoms with Gasteiger partial charge in [-0.3, -0.25) is 4.79 Å².